The van der Waals surface area contributed by atoms with Gasteiger partial charge in [-0.2, -0.15) is 0 Å². The van der Waals surface area contributed by atoms with Gasteiger partial charge in [0.1, 0.15) is 0 Å². The topological polar surface area (TPSA) is 0 Å². The highest BCUT2D eigenvalue weighted by atomic mass is 79.9. The van der Waals surface area contributed by atoms with E-state index in [0.717, 1.165) is 4.48 Å². The highest BCUT2D eigenvalue weighted by Crippen LogP contribution is 2.18. The summed E-state index contributed by atoms with van der Waals surface area (Å²) in [6, 6.07) is 0. The molecule has 0 aromatic carbocycles. The second-order valence-electron chi connectivity index (χ2n) is 2.46. The predicted octanol–water partition coefficient (Wildman–Crippen LogP) is 3.56. The third kappa shape index (κ3) is 2.53. The lowest BCUT2D eigenvalue weighted by atomic mass is 10.0. The Morgan fingerprint density at radius 2 is 2.50 bits per heavy atom. The Kier molecular flexibility index (Phi) is 2.94. The Balaban J connectivity index is 2.62. The summed E-state index contributed by atoms with van der Waals surface area (Å²) in [7, 11) is 0. The van der Waals surface area contributed by atoms with Gasteiger partial charge in [-0.3, -0.25) is 0 Å². The van der Waals surface area contributed by atoms with Gasteiger partial charge in [0.05, 0.1) is 0 Å². The van der Waals surface area contributed by atoms with Crippen LogP contribution in [0, 0.1) is 0 Å². The van der Waals surface area contributed by atoms with Crippen LogP contribution in [0.3, 0.4) is 0 Å². The van der Waals surface area contributed by atoms with Crippen LogP contribution < -0.4 is 0 Å². The van der Waals surface area contributed by atoms with Gasteiger partial charge < -0.3 is 0 Å². The molecule has 0 N–H and O–H groups in total. The second kappa shape index (κ2) is 3.77. The van der Waals surface area contributed by atoms with Gasteiger partial charge >= 0.3 is 0 Å². The summed E-state index contributed by atoms with van der Waals surface area (Å²) in [5.74, 6) is 0. The van der Waals surface area contributed by atoms with Crippen molar-refractivity contribution >= 4 is 15.9 Å². The van der Waals surface area contributed by atoms with Crippen molar-refractivity contribution in [2.45, 2.75) is 19.3 Å². The van der Waals surface area contributed by atoms with E-state index in [2.05, 4.69) is 40.7 Å². The zero-order valence-corrected chi connectivity index (χ0v) is 7.52. The number of allylic oxidation sites excluding steroid dienone is 5. The fourth-order valence-corrected chi connectivity index (χ4v) is 1.36. The molecule has 0 aliphatic heterocycles. The van der Waals surface area contributed by atoms with E-state index in [1.165, 1.54) is 24.8 Å². The molecule has 0 radical (unpaired) electrons. The standard InChI is InChI=1S/C9H11Br/c1-8(10)7-9-5-3-2-4-6-9/h3,5,7H,1-2,4,6H2. The summed E-state index contributed by atoms with van der Waals surface area (Å²) < 4.78 is 0.967. The molecule has 54 valence electrons. The van der Waals surface area contributed by atoms with Crippen molar-refractivity contribution < 1.29 is 0 Å². The first-order valence-electron chi connectivity index (χ1n) is 3.50. The van der Waals surface area contributed by atoms with Crippen LogP contribution >= 0.6 is 15.9 Å². The summed E-state index contributed by atoms with van der Waals surface area (Å²) in [5.41, 5.74) is 1.38. The van der Waals surface area contributed by atoms with Crippen molar-refractivity contribution in [1.82, 2.24) is 0 Å². The Morgan fingerprint density at radius 1 is 1.70 bits per heavy atom. The van der Waals surface area contributed by atoms with Crippen LogP contribution in [0.1, 0.15) is 19.3 Å². The molecule has 0 saturated carbocycles. The van der Waals surface area contributed by atoms with Gasteiger partial charge in [-0.1, -0.05) is 34.7 Å². The van der Waals surface area contributed by atoms with Gasteiger partial charge in [0.15, 0.2) is 0 Å². The minimum Gasteiger partial charge on any atom is -0.0847 e. The first-order valence-corrected chi connectivity index (χ1v) is 4.30. The van der Waals surface area contributed by atoms with Crippen LogP contribution in [0.25, 0.3) is 0 Å². The molecule has 0 atom stereocenters. The predicted molar refractivity (Wildman–Crippen MR) is 49.1 cm³/mol. The molecule has 1 aliphatic carbocycles. The van der Waals surface area contributed by atoms with E-state index in [1.54, 1.807) is 0 Å². The van der Waals surface area contributed by atoms with Crippen molar-refractivity contribution in [1.29, 1.82) is 0 Å². The minimum absolute atomic E-state index is 0.967. The minimum atomic E-state index is 0.967. The molecule has 0 aromatic heterocycles. The van der Waals surface area contributed by atoms with Crippen LogP contribution in [-0.2, 0) is 0 Å². The van der Waals surface area contributed by atoms with Crippen LogP contribution in [0.4, 0.5) is 0 Å². The smallest absolute Gasteiger partial charge is 0.0106 e. The van der Waals surface area contributed by atoms with E-state index in [4.69, 9.17) is 0 Å². The zero-order valence-electron chi connectivity index (χ0n) is 5.94. The summed E-state index contributed by atoms with van der Waals surface area (Å²) in [4.78, 5) is 0. The van der Waals surface area contributed by atoms with Gasteiger partial charge in [0.25, 0.3) is 0 Å². The molecule has 0 amide bonds. The summed E-state index contributed by atoms with van der Waals surface area (Å²) in [5, 5.41) is 0. The van der Waals surface area contributed by atoms with E-state index < -0.39 is 0 Å². The molecule has 1 rings (SSSR count). The maximum Gasteiger partial charge on any atom is 0.0106 e. The highest BCUT2D eigenvalue weighted by molar-refractivity contribution is 9.11. The number of hydrogen-bond acceptors (Lipinski definition) is 0. The van der Waals surface area contributed by atoms with E-state index in [0.29, 0.717) is 0 Å². The lowest BCUT2D eigenvalue weighted by molar-refractivity contribution is 0.821. The number of halogens is 1. The Hall–Kier alpha value is -0.300. The largest absolute Gasteiger partial charge is 0.0847 e. The van der Waals surface area contributed by atoms with E-state index in [-0.39, 0.29) is 0 Å². The fourth-order valence-electron chi connectivity index (χ4n) is 1.06. The normalized spacial score (nSPS) is 21.5. The van der Waals surface area contributed by atoms with Crippen molar-refractivity contribution in [2.24, 2.45) is 0 Å². The zero-order chi connectivity index (χ0) is 7.40. The van der Waals surface area contributed by atoms with Gasteiger partial charge in [0.2, 0.25) is 0 Å². The van der Waals surface area contributed by atoms with E-state index in [9.17, 15) is 0 Å². The van der Waals surface area contributed by atoms with Gasteiger partial charge in [-0.05, 0) is 30.9 Å². The van der Waals surface area contributed by atoms with E-state index in [1.807, 2.05) is 0 Å². The maximum atomic E-state index is 3.76. The third-order valence-electron chi connectivity index (χ3n) is 1.51. The lowest BCUT2D eigenvalue weighted by Gasteiger charge is -2.05. The molecule has 0 spiro atoms. The molecule has 0 bridgehead atoms. The second-order valence-corrected chi connectivity index (χ2v) is 3.48. The van der Waals surface area contributed by atoms with Crippen molar-refractivity contribution in [3.05, 3.63) is 34.9 Å². The highest BCUT2D eigenvalue weighted by Gasteiger charge is 1.97. The Labute approximate surface area is 70.5 Å². The van der Waals surface area contributed by atoms with Crippen LogP contribution in [0.15, 0.2) is 34.9 Å². The molecule has 1 aliphatic rings. The van der Waals surface area contributed by atoms with Crippen molar-refractivity contribution in [2.75, 3.05) is 0 Å². The summed E-state index contributed by atoms with van der Waals surface area (Å²) in [6.45, 7) is 3.76. The molecule has 1 heteroatoms. The number of hydrogen-bond donors (Lipinski definition) is 0. The molecule has 0 aromatic rings. The maximum absolute atomic E-state index is 3.76. The Bertz CT molecular complexity index is 187. The lowest BCUT2D eigenvalue weighted by Crippen LogP contribution is -1.85. The molecular formula is C9H11Br. The third-order valence-corrected chi connectivity index (χ3v) is 1.74. The summed E-state index contributed by atoms with van der Waals surface area (Å²) in [6.07, 6.45) is 10.2. The Morgan fingerprint density at radius 3 is 3.00 bits per heavy atom. The van der Waals surface area contributed by atoms with Gasteiger partial charge in [0, 0.05) is 4.48 Å². The summed E-state index contributed by atoms with van der Waals surface area (Å²) >= 11 is 3.31. The van der Waals surface area contributed by atoms with Gasteiger partial charge in [-0.25, -0.2) is 0 Å². The van der Waals surface area contributed by atoms with Crippen LogP contribution in [0.5, 0.6) is 0 Å². The fraction of sp³-hybridized carbons (Fsp3) is 0.333. The quantitative estimate of drug-likeness (QED) is 0.605. The van der Waals surface area contributed by atoms with E-state index >= 15 is 0 Å². The first kappa shape index (κ1) is 7.80. The average Bonchev–Trinajstić information content (AvgIpc) is 1.88. The molecular weight excluding hydrogens is 188 g/mol. The van der Waals surface area contributed by atoms with Crippen molar-refractivity contribution in [3.8, 4) is 0 Å². The molecule has 0 saturated heterocycles. The van der Waals surface area contributed by atoms with Crippen molar-refractivity contribution in [3.63, 3.8) is 0 Å². The molecule has 0 nitrogen and oxygen atoms in total. The average molecular weight is 199 g/mol. The van der Waals surface area contributed by atoms with Crippen LogP contribution in [-0.4, -0.2) is 0 Å². The van der Waals surface area contributed by atoms with Crippen LogP contribution in [0.2, 0.25) is 0 Å². The van der Waals surface area contributed by atoms with Gasteiger partial charge in [-0.15, -0.1) is 0 Å². The monoisotopic (exact) mass is 198 g/mol. The number of rotatable bonds is 1. The first-order chi connectivity index (χ1) is 4.79. The molecule has 0 heterocycles. The molecule has 10 heavy (non-hydrogen) atoms. The molecule has 0 unspecified atom stereocenters. The SMILES string of the molecule is C=C(Br)C=C1C=CCCC1. The molecule has 0 fully saturated rings.